The van der Waals surface area contributed by atoms with E-state index in [0.29, 0.717) is 22.0 Å². The van der Waals surface area contributed by atoms with Gasteiger partial charge in [0.05, 0.1) is 28.8 Å². The van der Waals surface area contributed by atoms with Gasteiger partial charge in [-0.3, -0.25) is 4.79 Å². The molecular weight excluding hydrogens is 274 g/mol. The van der Waals surface area contributed by atoms with Crippen molar-refractivity contribution in [3.05, 3.63) is 58.6 Å². The normalized spacial score (nSPS) is 9.80. The number of nitrogens with two attached hydrogens (primary N) is 1. The van der Waals surface area contributed by atoms with E-state index in [-0.39, 0.29) is 12.3 Å². The van der Waals surface area contributed by atoms with Crippen LogP contribution in [-0.2, 0) is 11.2 Å². The molecule has 1 amide bonds. The summed E-state index contributed by atoms with van der Waals surface area (Å²) in [5.74, 6) is -0.215. The lowest BCUT2D eigenvalue weighted by atomic mass is 10.1. The Balaban J connectivity index is 2.10. The van der Waals surface area contributed by atoms with E-state index in [1.807, 2.05) is 12.1 Å². The predicted molar refractivity (Wildman–Crippen MR) is 79.4 cm³/mol. The summed E-state index contributed by atoms with van der Waals surface area (Å²) in [6, 6.07) is 13.8. The van der Waals surface area contributed by atoms with Gasteiger partial charge in [0.2, 0.25) is 5.91 Å². The lowest BCUT2D eigenvalue weighted by Gasteiger charge is -2.08. The first-order valence-electron chi connectivity index (χ1n) is 5.92. The Morgan fingerprint density at radius 3 is 2.80 bits per heavy atom. The van der Waals surface area contributed by atoms with E-state index in [4.69, 9.17) is 22.6 Å². The van der Waals surface area contributed by atoms with Crippen LogP contribution in [0.5, 0.6) is 0 Å². The molecule has 5 heteroatoms. The molecule has 0 aliphatic rings. The molecule has 0 atom stereocenters. The molecule has 0 unspecified atom stereocenters. The van der Waals surface area contributed by atoms with Crippen LogP contribution in [-0.4, -0.2) is 5.91 Å². The van der Waals surface area contributed by atoms with E-state index < -0.39 is 0 Å². The molecule has 0 radical (unpaired) electrons. The molecular formula is C15H12ClN3O. The molecule has 20 heavy (non-hydrogen) atoms. The first kappa shape index (κ1) is 13.9. The second-order valence-corrected chi connectivity index (χ2v) is 4.68. The summed E-state index contributed by atoms with van der Waals surface area (Å²) in [5, 5.41) is 11.9. The summed E-state index contributed by atoms with van der Waals surface area (Å²) in [7, 11) is 0. The van der Waals surface area contributed by atoms with Crippen LogP contribution in [0.4, 0.5) is 11.4 Å². The summed E-state index contributed by atoms with van der Waals surface area (Å²) in [6.45, 7) is 0. The van der Waals surface area contributed by atoms with Crippen molar-refractivity contribution in [1.29, 1.82) is 5.26 Å². The summed E-state index contributed by atoms with van der Waals surface area (Å²) >= 11 is 5.98. The molecule has 0 aromatic heterocycles. The lowest BCUT2D eigenvalue weighted by molar-refractivity contribution is -0.115. The van der Waals surface area contributed by atoms with Crippen molar-refractivity contribution >= 4 is 28.9 Å². The van der Waals surface area contributed by atoms with E-state index >= 15 is 0 Å². The maximum Gasteiger partial charge on any atom is 0.228 e. The van der Waals surface area contributed by atoms with Gasteiger partial charge in [0.15, 0.2) is 0 Å². The van der Waals surface area contributed by atoms with Gasteiger partial charge in [-0.05, 0) is 35.9 Å². The van der Waals surface area contributed by atoms with Crippen molar-refractivity contribution in [1.82, 2.24) is 0 Å². The number of nitrogens with one attached hydrogen (secondary N) is 1. The minimum absolute atomic E-state index is 0.193. The van der Waals surface area contributed by atoms with Crippen molar-refractivity contribution in [3.8, 4) is 6.07 Å². The Hall–Kier alpha value is -2.51. The standard InChI is InChI=1S/C15H12ClN3O/c16-13-5-4-11(9-17)7-14(13)19-15(20)8-10-2-1-3-12(18)6-10/h1-7H,8,18H2,(H,19,20). The average Bonchev–Trinajstić information content (AvgIpc) is 2.41. The van der Waals surface area contributed by atoms with Gasteiger partial charge >= 0.3 is 0 Å². The number of hydrogen-bond acceptors (Lipinski definition) is 3. The SMILES string of the molecule is N#Cc1ccc(Cl)c(NC(=O)Cc2cccc(N)c2)c1. The fourth-order valence-electron chi connectivity index (χ4n) is 1.77. The Kier molecular flexibility index (Phi) is 4.24. The number of rotatable bonds is 3. The first-order valence-corrected chi connectivity index (χ1v) is 6.30. The number of nitrogens with zero attached hydrogens (tertiary/aromatic N) is 1. The third-order valence-electron chi connectivity index (χ3n) is 2.69. The van der Waals surface area contributed by atoms with Crippen LogP contribution < -0.4 is 11.1 Å². The highest BCUT2D eigenvalue weighted by atomic mass is 35.5. The summed E-state index contributed by atoms with van der Waals surface area (Å²) in [6.07, 6.45) is 0.193. The predicted octanol–water partition coefficient (Wildman–Crippen LogP) is 2.98. The van der Waals surface area contributed by atoms with Gasteiger partial charge in [-0.15, -0.1) is 0 Å². The molecule has 0 aliphatic carbocycles. The molecule has 0 aliphatic heterocycles. The largest absolute Gasteiger partial charge is 0.399 e. The minimum atomic E-state index is -0.215. The van der Waals surface area contributed by atoms with Crippen LogP contribution in [0.3, 0.4) is 0 Å². The third kappa shape index (κ3) is 3.50. The molecule has 0 saturated carbocycles. The fraction of sp³-hybridized carbons (Fsp3) is 0.0667. The van der Waals surface area contributed by atoms with Crippen LogP contribution in [0.15, 0.2) is 42.5 Å². The Labute approximate surface area is 121 Å². The molecule has 0 bridgehead atoms. The van der Waals surface area contributed by atoms with Crippen LogP contribution in [0.25, 0.3) is 0 Å². The van der Waals surface area contributed by atoms with Crippen molar-refractivity contribution < 1.29 is 4.79 Å². The van der Waals surface area contributed by atoms with Gasteiger partial charge in [0.1, 0.15) is 0 Å². The van der Waals surface area contributed by atoms with Gasteiger partial charge in [-0.1, -0.05) is 23.7 Å². The third-order valence-corrected chi connectivity index (χ3v) is 3.01. The van der Waals surface area contributed by atoms with Crippen LogP contribution >= 0.6 is 11.6 Å². The second-order valence-electron chi connectivity index (χ2n) is 4.28. The Morgan fingerprint density at radius 2 is 2.10 bits per heavy atom. The number of amides is 1. The zero-order valence-electron chi connectivity index (χ0n) is 10.6. The van der Waals surface area contributed by atoms with Crippen LogP contribution in [0.2, 0.25) is 5.02 Å². The zero-order valence-corrected chi connectivity index (χ0v) is 11.3. The van der Waals surface area contributed by atoms with Gasteiger partial charge in [0.25, 0.3) is 0 Å². The van der Waals surface area contributed by atoms with Gasteiger partial charge in [-0.2, -0.15) is 5.26 Å². The molecule has 100 valence electrons. The summed E-state index contributed by atoms with van der Waals surface area (Å²) in [4.78, 5) is 12.0. The van der Waals surface area contributed by atoms with Gasteiger partial charge < -0.3 is 11.1 Å². The molecule has 2 aromatic carbocycles. The quantitative estimate of drug-likeness (QED) is 0.851. The monoisotopic (exact) mass is 285 g/mol. The smallest absolute Gasteiger partial charge is 0.228 e. The lowest BCUT2D eigenvalue weighted by Crippen LogP contribution is -2.14. The number of halogens is 1. The van der Waals surface area contributed by atoms with E-state index in [1.165, 1.54) is 0 Å². The maximum atomic E-state index is 12.0. The Morgan fingerprint density at radius 1 is 1.30 bits per heavy atom. The van der Waals surface area contributed by atoms with Gasteiger partial charge in [0, 0.05) is 5.69 Å². The highest BCUT2D eigenvalue weighted by Gasteiger charge is 2.08. The number of benzene rings is 2. The second kappa shape index (κ2) is 6.09. The minimum Gasteiger partial charge on any atom is -0.399 e. The average molecular weight is 286 g/mol. The highest BCUT2D eigenvalue weighted by Crippen LogP contribution is 2.23. The van der Waals surface area contributed by atoms with E-state index in [0.717, 1.165) is 5.56 Å². The summed E-state index contributed by atoms with van der Waals surface area (Å²) < 4.78 is 0. The van der Waals surface area contributed by atoms with Crippen molar-refractivity contribution in [2.75, 3.05) is 11.1 Å². The zero-order chi connectivity index (χ0) is 14.5. The fourth-order valence-corrected chi connectivity index (χ4v) is 1.94. The van der Waals surface area contributed by atoms with Crippen LogP contribution in [0, 0.1) is 11.3 Å². The molecule has 0 heterocycles. The molecule has 2 aromatic rings. The number of carbonyl (C=O) groups is 1. The number of nitriles is 1. The topological polar surface area (TPSA) is 78.9 Å². The summed E-state index contributed by atoms with van der Waals surface area (Å²) in [5.41, 5.74) is 7.95. The van der Waals surface area contributed by atoms with Crippen molar-refractivity contribution in [3.63, 3.8) is 0 Å². The molecule has 3 N–H and O–H groups in total. The van der Waals surface area contributed by atoms with Crippen molar-refractivity contribution in [2.24, 2.45) is 0 Å². The van der Waals surface area contributed by atoms with E-state index in [9.17, 15) is 4.79 Å². The number of carbonyl (C=O) groups excluding carboxylic acids is 1. The molecule has 0 fully saturated rings. The highest BCUT2D eigenvalue weighted by molar-refractivity contribution is 6.33. The molecule has 2 rings (SSSR count). The van der Waals surface area contributed by atoms with Crippen LogP contribution in [0.1, 0.15) is 11.1 Å². The number of hydrogen-bond donors (Lipinski definition) is 2. The van der Waals surface area contributed by atoms with E-state index in [1.54, 1.807) is 36.4 Å². The van der Waals surface area contributed by atoms with Gasteiger partial charge in [-0.25, -0.2) is 0 Å². The number of anilines is 2. The maximum absolute atomic E-state index is 12.0. The first-order chi connectivity index (χ1) is 9.58. The van der Waals surface area contributed by atoms with Crippen molar-refractivity contribution in [2.45, 2.75) is 6.42 Å². The number of nitrogen functional groups attached to an aromatic ring is 1. The molecule has 0 spiro atoms. The Bertz CT molecular complexity index is 692. The van der Waals surface area contributed by atoms with E-state index in [2.05, 4.69) is 5.32 Å². The molecule has 4 nitrogen and oxygen atoms in total. The molecule has 0 saturated heterocycles.